The van der Waals surface area contributed by atoms with E-state index in [0.717, 1.165) is 49.9 Å². The summed E-state index contributed by atoms with van der Waals surface area (Å²) in [6, 6.07) is 29.3. The summed E-state index contributed by atoms with van der Waals surface area (Å²) in [6.45, 7) is 5.72. The molecule has 4 aromatic heterocycles. The minimum absolute atomic E-state index is 0.0275. The molecule has 0 amide bonds. The van der Waals surface area contributed by atoms with Gasteiger partial charge in [-0.05, 0) is 111 Å². The Balaban J connectivity index is 0.000000178. The first kappa shape index (κ1) is 50.1. The smallest absolute Gasteiger partial charge is 0.282 e. The van der Waals surface area contributed by atoms with Crippen molar-refractivity contribution in [2.75, 3.05) is 0 Å². The molecule has 2 fully saturated rings. The van der Waals surface area contributed by atoms with Gasteiger partial charge in [0.25, 0.3) is 12.9 Å². The fraction of sp³-hybridized carbons (Fsp3) is 0.333. The van der Waals surface area contributed by atoms with Crippen LogP contribution in [0.4, 0.5) is 26.3 Å². The van der Waals surface area contributed by atoms with Crippen molar-refractivity contribution in [3.8, 4) is 11.4 Å². The number of hydrogen-bond acceptors (Lipinski definition) is 8. The number of halogens is 6. The van der Waals surface area contributed by atoms with Crippen LogP contribution >= 0.6 is 0 Å². The third-order valence-corrected chi connectivity index (χ3v) is 12.6. The van der Waals surface area contributed by atoms with E-state index >= 15 is 0 Å². The third-order valence-electron chi connectivity index (χ3n) is 12.6. The van der Waals surface area contributed by atoms with Crippen molar-refractivity contribution < 1.29 is 46.0 Å². The molecule has 2 atom stereocenters. The predicted molar refractivity (Wildman–Crippen MR) is 254 cm³/mol. The van der Waals surface area contributed by atoms with E-state index < -0.39 is 48.1 Å². The van der Waals surface area contributed by atoms with Crippen LogP contribution in [0.25, 0.3) is 11.4 Å². The summed E-state index contributed by atoms with van der Waals surface area (Å²) in [7, 11) is 0. The Labute approximate surface area is 412 Å². The number of rotatable bonds is 20. The molecule has 4 aromatic carbocycles. The molecule has 2 N–H and O–H groups in total. The second-order valence-corrected chi connectivity index (χ2v) is 18.4. The van der Waals surface area contributed by atoms with Crippen molar-refractivity contribution in [1.82, 2.24) is 39.1 Å². The van der Waals surface area contributed by atoms with Crippen molar-refractivity contribution in [2.24, 2.45) is 11.8 Å². The first-order valence-corrected chi connectivity index (χ1v) is 23.8. The fourth-order valence-electron chi connectivity index (χ4n) is 8.52. The molecule has 4 heterocycles. The second-order valence-electron chi connectivity index (χ2n) is 18.4. The highest BCUT2D eigenvalue weighted by atomic mass is 19.3. The minimum Gasteiger partial charge on any atom is -0.382 e. The van der Waals surface area contributed by atoms with Crippen molar-refractivity contribution in [1.29, 1.82) is 0 Å². The van der Waals surface area contributed by atoms with Gasteiger partial charge < -0.3 is 19.7 Å². The highest BCUT2D eigenvalue weighted by Crippen LogP contribution is 2.36. The summed E-state index contributed by atoms with van der Waals surface area (Å²) in [5.74, 6) is 0.195. The van der Waals surface area contributed by atoms with Gasteiger partial charge in [-0.15, -0.1) is 0 Å². The molecule has 0 saturated heterocycles. The molecule has 2 unspecified atom stereocenters. The number of benzene rings is 4. The van der Waals surface area contributed by atoms with E-state index in [0.29, 0.717) is 70.1 Å². The summed E-state index contributed by atoms with van der Waals surface area (Å²) in [5, 5.41) is 39.7. The summed E-state index contributed by atoms with van der Waals surface area (Å²) >= 11 is 0. The zero-order valence-electron chi connectivity index (χ0n) is 39.6. The molecule has 72 heavy (non-hydrogen) atoms. The lowest BCUT2D eigenvalue weighted by atomic mass is 10.1. The number of ether oxygens (including phenoxy) is 2. The Morgan fingerprint density at radius 3 is 1.28 bits per heavy atom. The second kappa shape index (κ2) is 22.3. The summed E-state index contributed by atoms with van der Waals surface area (Å²) in [4.78, 5) is 0. The van der Waals surface area contributed by atoms with Crippen LogP contribution in [0.2, 0.25) is 0 Å². The van der Waals surface area contributed by atoms with Gasteiger partial charge in [-0.3, -0.25) is 9.36 Å². The Kier molecular flexibility index (Phi) is 15.5. The first-order valence-electron chi connectivity index (χ1n) is 23.8. The van der Waals surface area contributed by atoms with E-state index in [-0.39, 0.29) is 24.6 Å². The number of aliphatic hydroxyl groups is 2. The van der Waals surface area contributed by atoms with Crippen molar-refractivity contribution in [2.45, 2.75) is 104 Å². The van der Waals surface area contributed by atoms with Gasteiger partial charge >= 0.3 is 0 Å². The SMILES string of the molecule is Cc1nn(CC2CC2)cc1C(O)c1cc(C(F)F)nn1-c1ccc(F)cc1COCc1ccccc1.Cc1nn(CC2CC2)cc1C(O)c1cc(C(F)F)nn1-c1ccc(F)cc1COCc1ccccc1. The van der Waals surface area contributed by atoms with Gasteiger partial charge in [0.15, 0.2) is 0 Å². The predicted octanol–water partition coefficient (Wildman–Crippen LogP) is 11.3. The van der Waals surface area contributed by atoms with Gasteiger partial charge in [0.05, 0.1) is 60.6 Å². The van der Waals surface area contributed by atoms with Gasteiger partial charge in [-0.25, -0.2) is 35.7 Å². The van der Waals surface area contributed by atoms with E-state index in [9.17, 15) is 36.6 Å². The van der Waals surface area contributed by atoms with Gasteiger partial charge in [-0.2, -0.15) is 20.4 Å². The maximum atomic E-state index is 14.2. The quantitative estimate of drug-likeness (QED) is 0.0722. The normalized spacial score (nSPS) is 14.5. The molecule has 10 rings (SSSR count). The van der Waals surface area contributed by atoms with Crippen molar-refractivity contribution in [3.63, 3.8) is 0 Å². The number of aliphatic hydroxyl groups excluding tert-OH is 2. The number of nitrogens with zero attached hydrogens (tertiary/aromatic N) is 8. The Morgan fingerprint density at radius 2 is 0.917 bits per heavy atom. The molecule has 376 valence electrons. The highest BCUT2D eigenvalue weighted by Gasteiger charge is 2.30. The molecule has 18 heteroatoms. The Hall–Kier alpha value is -6.86. The van der Waals surface area contributed by atoms with Crippen LogP contribution in [0.15, 0.2) is 122 Å². The molecule has 0 aliphatic heterocycles. The van der Waals surface area contributed by atoms with Gasteiger partial charge in [0, 0.05) is 47.7 Å². The lowest BCUT2D eigenvalue weighted by Crippen LogP contribution is -2.12. The molecule has 0 bridgehead atoms. The van der Waals surface area contributed by atoms with Crippen LogP contribution in [0.1, 0.15) is 118 Å². The first-order chi connectivity index (χ1) is 34.8. The van der Waals surface area contributed by atoms with Crippen LogP contribution in [0.3, 0.4) is 0 Å². The van der Waals surface area contributed by atoms with E-state index in [1.165, 1.54) is 57.9 Å². The Morgan fingerprint density at radius 1 is 0.528 bits per heavy atom. The fourth-order valence-corrected chi connectivity index (χ4v) is 8.52. The van der Waals surface area contributed by atoms with Crippen LogP contribution in [-0.2, 0) is 49.0 Å². The maximum Gasteiger partial charge on any atom is 0.282 e. The highest BCUT2D eigenvalue weighted by molar-refractivity contribution is 5.45. The summed E-state index contributed by atoms with van der Waals surface area (Å²) in [5.41, 5.74) is 5.04. The molecule has 2 saturated carbocycles. The minimum atomic E-state index is -2.84. The largest absolute Gasteiger partial charge is 0.382 e. The van der Waals surface area contributed by atoms with Crippen molar-refractivity contribution in [3.05, 3.63) is 201 Å². The molecule has 2 aliphatic carbocycles. The number of alkyl halides is 4. The zero-order valence-corrected chi connectivity index (χ0v) is 39.6. The third kappa shape index (κ3) is 12.2. The average molecular weight is 993 g/mol. The number of hydrogen-bond donors (Lipinski definition) is 2. The van der Waals surface area contributed by atoms with E-state index in [2.05, 4.69) is 20.4 Å². The van der Waals surface area contributed by atoms with E-state index in [4.69, 9.17) is 9.47 Å². The van der Waals surface area contributed by atoms with Gasteiger partial charge in [0.1, 0.15) is 35.2 Å². The van der Waals surface area contributed by atoms with Crippen LogP contribution in [0.5, 0.6) is 0 Å². The lowest BCUT2D eigenvalue weighted by Gasteiger charge is -2.16. The molecule has 0 spiro atoms. The molecular formula is C54H54F6N8O4. The topological polar surface area (TPSA) is 130 Å². The molecule has 0 radical (unpaired) electrons. The average Bonchev–Trinajstić information content (AvgIpc) is 4.16. The zero-order chi connectivity index (χ0) is 50.5. The van der Waals surface area contributed by atoms with Gasteiger partial charge in [0.2, 0.25) is 0 Å². The number of aromatic nitrogens is 8. The molecule has 2 aliphatic rings. The van der Waals surface area contributed by atoms with Gasteiger partial charge in [-0.1, -0.05) is 60.7 Å². The van der Waals surface area contributed by atoms with E-state index in [1.807, 2.05) is 60.7 Å². The summed E-state index contributed by atoms with van der Waals surface area (Å²) < 4.78 is 101. The number of aryl methyl sites for hydroxylation is 2. The Bertz CT molecular complexity index is 2870. The lowest BCUT2D eigenvalue weighted by molar-refractivity contribution is 0.106. The standard InChI is InChI=1S/2C27H27F3N4O2/c2*1-17-22(14-33(31-17)13-18-7-8-18)26(35)25-12-23(27(29)30)32-34(25)24-10-9-21(28)11-20(24)16-36-15-19-5-3-2-4-6-19/h2*2-6,9-12,14,18,26-27,35H,7-8,13,15-16H2,1H3. The van der Waals surface area contributed by atoms with Crippen molar-refractivity contribution >= 4 is 0 Å². The van der Waals surface area contributed by atoms with E-state index in [1.54, 1.807) is 35.6 Å². The van der Waals surface area contributed by atoms with Crippen LogP contribution in [0, 0.1) is 37.3 Å². The summed E-state index contributed by atoms with van der Waals surface area (Å²) in [6.07, 6.45) is -0.0481. The molecule has 8 aromatic rings. The van der Waals surface area contributed by atoms with Crippen LogP contribution < -0.4 is 0 Å². The molecule has 12 nitrogen and oxygen atoms in total. The molecular weight excluding hydrogens is 939 g/mol. The maximum absolute atomic E-state index is 14.2. The monoisotopic (exact) mass is 992 g/mol. The van der Waals surface area contributed by atoms with Crippen LogP contribution in [-0.4, -0.2) is 49.3 Å².